The number of carboxylic acid groups (broad SMARTS) is 1. The summed E-state index contributed by atoms with van der Waals surface area (Å²) in [5, 5.41) is 10.8. The van der Waals surface area contributed by atoms with Crippen LogP contribution in [0.3, 0.4) is 0 Å². The molecule has 1 N–H and O–H groups in total. The number of hydrogen-bond acceptors (Lipinski definition) is 6. The van der Waals surface area contributed by atoms with E-state index in [0.717, 1.165) is 45.3 Å². The Morgan fingerprint density at radius 2 is 1.80 bits per heavy atom. The quantitative estimate of drug-likeness (QED) is 0.768. The SMILES string of the molecule is CN(C)C(=O)CN1CCC2(CCCN2C(=O)c2ccno2)CC1.O=C(O)C(F)(F)F. The van der Waals surface area contributed by atoms with Gasteiger partial charge in [-0.1, -0.05) is 5.16 Å². The average Bonchev–Trinajstić information content (AvgIpc) is 3.33. The van der Waals surface area contributed by atoms with Crippen LogP contribution in [0, 0.1) is 0 Å². The summed E-state index contributed by atoms with van der Waals surface area (Å²) in [6, 6.07) is 1.62. The third-order valence-electron chi connectivity index (χ3n) is 5.38. The number of amides is 2. The highest BCUT2D eigenvalue weighted by molar-refractivity contribution is 5.92. The fourth-order valence-corrected chi connectivity index (χ4v) is 3.69. The Balaban J connectivity index is 0.000000396. The van der Waals surface area contributed by atoms with Crippen LogP contribution in [0.1, 0.15) is 36.2 Å². The highest BCUT2D eigenvalue weighted by Crippen LogP contribution is 2.39. The summed E-state index contributed by atoms with van der Waals surface area (Å²) < 4.78 is 36.8. The number of carboxylic acids is 1. The van der Waals surface area contributed by atoms with Crippen molar-refractivity contribution in [1.82, 2.24) is 19.9 Å². The number of carbonyl (C=O) groups is 3. The number of alkyl halides is 3. The van der Waals surface area contributed by atoms with Crippen LogP contribution >= 0.6 is 0 Å². The van der Waals surface area contributed by atoms with E-state index in [0.29, 0.717) is 12.3 Å². The highest BCUT2D eigenvalue weighted by atomic mass is 19.4. The van der Waals surface area contributed by atoms with Crippen molar-refractivity contribution in [2.75, 3.05) is 40.3 Å². The molecule has 0 aromatic carbocycles. The van der Waals surface area contributed by atoms with E-state index in [1.165, 1.54) is 6.20 Å². The molecule has 168 valence electrons. The molecule has 12 heteroatoms. The zero-order valence-corrected chi connectivity index (χ0v) is 16.8. The van der Waals surface area contributed by atoms with Crippen LogP contribution in [0.5, 0.6) is 0 Å². The molecule has 1 aromatic heterocycles. The number of likely N-dealkylation sites (N-methyl/N-ethyl adjacent to an activating group) is 1. The molecule has 2 aliphatic heterocycles. The Morgan fingerprint density at radius 1 is 1.20 bits per heavy atom. The van der Waals surface area contributed by atoms with Gasteiger partial charge in [-0.15, -0.1) is 0 Å². The third kappa shape index (κ3) is 5.71. The molecule has 30 heavy (non-hydrogen) atoms. The molecule has 2 amide bonds. The number of rotatable bonds is 3. The first-order valence-electron chi connectivity index (χ1n) is 9.41. The maximum Gasteiger partial charge on any atom is 0.490 e. The molecule has 0 aliphatic carbocycles. The van der Waals surface area contributed by atoms with Crippen LogP contribution in [0.2, 0.25) is 0 Å². The largest absolute Gasteiger partial charge is 0.490 e. The number of likely N-dealkylation sites (tertiary alicyclic amines) is 2. The van der Waals surface area contributed by atoms with E-state index in [4.69, 9.17) is 14.4 Å². The third-order valence-corrected chi connectivity index (χ3v) is 5.38. The lowest BCUT2D eigenvalue weighted by atomic mass is 9.84. The molecule has 0 saturated carbocycles. The molecular formula is C18H25F3N4O5. The van der Waals surface area contributed by atoms with Crippen molar-refractivity contribution >= 4 is 17.8 Å². The van der Waals surface area contributed by atoms with E-state index in [1.54, 1.807) is 25.1 Å². The van der Waals surface area contributed by atoms with E-state index in [-0.39, 0.29) is 17.4 Å². The molecule has 2 aliphatic rings. The second-order valence-electron chi connectivity index (χ2n) is 7.53. The van der Waals surface area contributed by atoms with Crippen molar-refractivity contribution in [3.63, 3.8) is 0 Å². The summed E-state index contributed by atoms with van der Waals surface area (Å²) in [5.41, 5.74) is -0.0818. The van der Waals surface area contributed by atoms with Gasteiger partial charge in [-0.05, 0) is 25.7 Å². The van der Waals surface area contributed by atoms with E-state index in [2.05, 4.69) is 10.1 Å². The first kappa shape index (κ1) is 23.6. The molecule has 0 atom stereocenters. The Morgan fingerprint density at radius 3 is 2.27 bits per heavy atom. The summed E-state index contributed by atoms with van der Waals surface area (Å²) >= 11 is 0. The number of carbonyl (C=O) groups excluding carboxylic acids is 2. The van der Waals surface area contributed by atoms with Crippen molar-refractivity contribution in [3.05, 3.63) is 18.0 Å². The van der Waals surface area contributed by atoms with Crippen molar-refractivity contribution in [3.8, 4) is 0 Å². The molecule has 2 fully saturated rings. The lowest BCUT2D eigenvalue weighted by molar-refractivity contribution is -0.192. The lowest BCUT2D eigenvalue weighted by Gasteiger charge is -2.44. The van der Waals surface area contributed by atoms with Crippen LogP contribution in [0.4, 0.5) is 13.2 Å². The maximum atomic E-state index is 12.6. The summed E-state index contributed by atoms with van der Waals surface area (Å²) in [7, 11) is 3.56. The van der Waals surface area contributed by atoms with Gasteiger partial charge in [0.15, 0.2) is 0 Å². The van der Waals surface area contributed by atoms with Gasteiger partial charge in [0.1, 0.15) is 0 Å². The Labute approximate surface area is 171 Å². The zero-order chi connectivity index (χ0) is 22.5. The number of nitrogens with zero attached hydrogens (tertiary/aromatic N) is 4. The van der Waals surface area contributed by atoms with Crippen LogP contribution in [-0.2, 0) is 9.59 Å². The standard InChI is InChI=1S/C16H24N4O3.C2HF3O2/c1-18(2)14(21)12-19-10-6-16(7-11-19)5-3-9-20(16)15(22)13-4-8-17-23-13;3-2(4,5)1(6)7/h4,8H,3,5-7,9-12H2,1-2H3;(H,6,7). The van der Waals surface area contributed by atoms with Crippen molar-refractivity contribution in [1.29, 1.82) is 0 Å². The summed E-state index contributed by atoms with van der Waals surface area (Å²) in [6.45, 7) is 2.93. The molecule has 2 saturated heterocycles. The number of aliphatic carboxylic acids is 1. The van der Waals surface area contributed by atoms with Gasteiger partial charge in [-0.2, -0.15) is 13.2 Å². The van der Waals surface area contributed by atoms with Gasteiger partial charge in [0.25, 0.3) is 5.91 Å². The molecule has 9 nitrogen and oxygen atoms in total. The second kappa shape index (κ2) is 9.45. The van der Waals surface area contributed by atoms with Gasteiger partial charge in [0.05, 0.1) is 12.7 Å². The van der Waals surface area contributed by atoms with E-state index < -0.39 is 12.1 Å². The van der Waals surface area contributed by atoms with Gasteiger partial charge < -0.3 is 19.4 Å². The smallest absolute Gasteiger partial charge is 0.475 e. The molecule has 0 bridgehead atoms. The van der Waals surface area contributed by atoms with Gasteiger partial charge in [0.2, 0.25) is 11.7 Å². The van der Waals surface area contributed by atoms with E-state index in [1.807, 2.05) is 4.90 Å². The molecule has 1 aromatic rings. The molecular weight excluding hydrogens is 409 g/mol. The number of aromatic nitrogens is 1. The molecule has 0 unspecified atom stereocenters. The van der Waals surface area contributed by atoms with E-state index >= 15 is 0 Å². The number of piperidine rings is 1. The monoisotopic (exact) mass is 434 g/mol. The summed E-state index contributed by atoms with van der Waals surface area (Å²) in [6.07, 6.45) is 0.297. The van der Waals surface area contributed by atoms with Crippen molar-refractivity contribution in [2.45, 2.75) is 37.4 Å². The van der Waals surface area contributed by atoms with Crippen LogP contribution in [0.15, 0.2) is 16.8 Å². The maximum absolute atomic E-state index is 12.6. The molecule has 3 heterocycles. The van der Waals surface area contributed by atoms with Gasteiger partial charge in [-0.3, -0.25) is 14.5 Å². The fraction of sp³-hybridized carbons (Fsp3) is 0.667. The van der Waals surface area contributed by atoms with Crippen molar-refractivity contribution in [2.24, 2.45) is 0 Å². The van der Waals surface area contributed by atoms with Crippen LogP contribution < -0.4 is 0 Å². The summed E-state index contributed by atoms with van der Waals surface area (Å²) in [4.78, 5) is 39.2. The summed E-state index contributed by atoms with van der Waals surface area (Å²) in [5.74, 6) is -2.37. The van der Waals surface area contributed by atoms with Gasteiger partial charge in [-0.25, -0.2) is 4.79 Å². The highest BCUT2D eigenvalue weighted by Gasteiger charge is 2.46. The topological polar surface area (TPSA) is 107 Å². The lowest BCUT2D eigenvalue weighted by Crippen LogP contribution is -2.55. The van der Waals surface area contributed by atoms with Gasteiger partial charge >= 0.3 is 12.1 Å². The first-order chi connectivity index (χ1) is 14.0. The molecule has 1 spiro atoms. The van der Waals surface area contributed by atoms with Gasteiger partial charge in [0, 0.05) is 45.3 Å². The fourth-order valence-electron chi connectivity index (χ4n) is 3.69. The minimum Gasteiger partial charge on any atom is -0.475 e. The first-order valence-corrected chi connectivity index (χ1v) is 9.41. The Bertz CT molecular complexity index is 744. The normalized spacial score (nSPS) is 18.6. The zero-order valence-electron chi connectivity index (χ0n) is 16.8. The minimum atomic E-state index is -5.08. The van der Waals surface area contributed by atoms with Crippen LogP contribution in [-0.4, -0.2) is 94.7 Å². The minimum absolute atomic E-state index is 0.0576. The average molecular weight is 434 g/mol. The second-order valence-corrected chi connectivity index (χ2v) is 7.53. The predicted molar refractivity (Wildman–Crippen MR) is 97.6 cm³/mol. The number of hydrogen-bond donors (Lipinski definition) is 1. The van der Waals surface area contributed by atoms with Crippen LogP contribution in [0.25, 0.3) is 0 Å². The van der Waals surface area contributed by atoms with E-state index in [9.17, 15) is 22.8 Å². The Kier molecular flexibility index (Phi) is 7.45. The number of halogens is 3. The predicted octanol–water partition coefficient (Wildman–Crippen LogP) is 1.47. The van der Waals surface area contributed by atoms with Crippen molar-refractivity contribution < 1.29 is 37.2 Å². The Hall–Kier alpha value is -2.63. The molecule has 3 rings (SSSR count). The molecule has 0 radical (unpaired) electrons.